The van der Waals surface area contributed by atoms with Gasteiger partial charge < -0.3 is 15.2 Å². The number of nitrogens with one attached hydrogen (secondary N) is 1. The molecule has 1 atom stereocenters. The van der Waals surface area contributed by atoms with Crippen molar-refractivity contribution in [3.63, 3.8) is 0 Å². The number of rotatable bonds is 6. The Morgan fingerprint density at radius 3 is 2.62 bits per heavy atom. The number of ether oxygens (including phenoxy) is 1. The molecule has 0 saturated carbocycles. The molecule has 2 aromatic rings. The summed E-state index contributed by atoms with van der Waals surface area (Å²) in [5, 5.41) is 14.0. The number of aliphatic hydroxyl groups is 1. The van der Waals surface area contributed by atoms with E-state index in [1.165, 1.54) is 0 Å². The standard InChI is InChI=1S/C19H23BrN2O2/c20-16-6-7-19(24-14-15-4-2-1-3-5-15)17(12-16)18(23)13-22-10-8-21-9-11-22/h1-7,12,18,21,23H,8-11,13-14H2. The second-order valence-electron chi connectivity index (χ2n) is 6.02. The van der Waals surface area contributed by atoms with Crippen LogP contribution in [0.4, 0.5) is 0 Å². The van der Waals surface area contributed by atoms with Gasteiger partial charge in [-0.3, -0.25) is 4.90 Å². The van der Waals surface area contributed by atoms with Crippen LogP contribution in [0, 0.1) is 0 Å². The molecule has 1 fully saturated rings. The molecule has 1 saturated heterocycles. The van der Waals surface area contributed by atoms with Crippen molar-refractivity contribution in [1.82, 2.24) is 10.2 Å². The first-order valence-corrected chi connectivity index (χ1v) is 9.09. The summed E-state index contributed by atoms with van der Waals surface area (Å²) in [4.78, 5) is 2.28. The molecule has 5 heteroatoms. The van der Waals surface area contributed by atoms with Crippen LogP contribution in [0.2, 0.25) is 0 Å². The lowest BCUT2D eigenvalue weighted by atomic mass is 10.1. The smallest absolute Gasteiger partial charge is 0.125 e. The van der Waals surface area contributed by atoms with Gasteiger partial charge in [-0.1, -0.05) is 46.3 Å². The molecule has 0 bridgehead atoms. The molecule has 0 spiro atoms. The van der Waals surface area contributed by atoms with E-state index in [-0.39, 0.29) is 0 Å². The molecule has 2 N–H and O–H groups in total. The van der Waals surface area contributed by atoms with E-state index in [1.807, 2.05) is 48.5 Å². The number of aliphatic hydroxyl groups excluding tert-OH is 1. The van der Waals surface area contributed by atoms with Crippen molar-refractivity contribution in [2.75, 3.05) is 32.7 Å². The first-order chi connectivity index (χ1) is 11.7. The molecule has 2 aromatic carbocycles. The molecule has 1 aliphatic heterocycles. The van der Waals surface area contributed by atoms with Gasteiger partial charge in [0.1, 0.15) is 12.4 Å². The summed E-state index contributed by atoms with van der Waals surface area (Å²) < 4.78 is 6.92. The third kappa shape index (κ3) is 4.80. The number of hydrogen-bond acceptors (Lipinski definition) is 4. The van der Waals surface area contributed by atoms with Gasteiger partial charge in [0, 0.05) is 42.8 Å². The Labute approximate surface area is 151 Å². The average Bonchev–Trinajstić information content (AvgIpc) is 2.62. The van der Waals surface area contributed by atoms with E-state index in [4.69, 9.17) is 4.74 Å². The van der Waals surface area contributed by atoms with Gasteiger partial charge in [-0.05, 0) is 23.8 Å². The number of piperazine rings is 1. The molecule has 4 nitrogen and oxygen atoms in total. The molecule has 0 aromatic heterocycles. The first kappa shape index (κ1) is 17.4. The molecule has 128 valence electrons. The van der Waals surface area contributed by atoms with E-state index < -0.39 is 6.10 Å². The van der Waals surface area contributed by atoms with E-state index in [0.717, 1.165) is 47.5 Å². The predicted molar refractivity (Wildman–Crippen MR) is 99.2 cm³/mol. The Morgan fingerprint density at radius 1 is 1.12 bits per heavy atom. The number of benzene rings is 2. The van der Waals surface area contributed by atoms with E-state index in [2.05, 4.69) is 26.1 Å². The Bertz CT molecular complexity index is 645. The summed E-state index contributed by atoms with van der Waals surface area (Å²) in [5.41, 5.74) is 1.95. The van der Waals surface area contributed by atoms with Gasteiger partial charge in [0.05, 0.1) is 6.10 Å². The van der Waals surface area contributed by atoms with Crippen LogP contribution in [-0.2, 0) is 6.61 Å². The SMILES string of the molecule is OC(CN1CCNCC1)c1cc(Br)ccc1OCc1ccccc1. The summed E-state index contributed by atoms with van der Waals surface area (Å²) in [5.74, 6) is 0.740. The maximum Gasteiger partial charge on any atom is 0.125 e. The fraction of sp³-hybridized carbons (Fsp3) is 0.368. The van der Waals surface area contributed by atoms with Crippen LogP contribution in [0.5, 0.6) is 5.75 Å². The minimum Gasteiger partial charge on any atom is -0.489 e. The zero-order chi connectivity index (χ0) is 16.8. The zero-order valence-electron chi connectivity index (χ0n) is 13.6. The largest absolute Gasteiger partial charge is 0.489 e. The zero-order valence-corrected chi connectivity index (χ0v) is 15.2. The second-order valence-corrected chi connectivity index (χ2v) is 6.94. The molecule has 24 heavy (non-hydrogen) atoms. The van der Waals surface area contributed by atoms with Crippen LogP contribution < -0.4 is 10.1 Å². The highest BCUT2D eigenvalue weighted by molar-refractivity contribution is 9.10. The minimum atomic E-state index is -0.564. The van der Waals surface area contributed by atoms with Gasteiger partial charge in [0.2, 0.25) is 0 Å². The lowest BCUT2D eigenvalue weighted by Gasteiger charge is -2.29. The maximum atomic E-state index is 10.7. The van der Waals surface area contributed by atoms with Crippen LogP contribution in [0.3, 0.4) is 0 Å². The molecule has 0 radical (unpaired) electrons. The summed E-state index contributed by atoms with van der Waals surface area (Å²) in [6.07, 6.45) is -0.564. The monoisotopic (exact) mass is 390 g/mol. The lowest BCUT2D eigenvalue weighted by molar-refractivity contribution is 0.102. The van der Waals surface area contributed by atoms with Crippen LogP contribution in [-0.4, -0.2) is 42.7 Å². The summed E-state index contributed by atoms with van der Waals surface area (Å²) in [7, 11) is 0. The van der Waals surface area contributed by atoms with E-state index in [1.54, 1.807) is 0 Å². The molecule has 3 rings (SSSR count). The Kier molecular flexibility index (Phi) is 6.26. The Hall–Kier alpha value is -1.40. The Morgan fingerprint density at radius 2 is 1.88 bits per heavy atom. The number of nitrogens with zero attached hydrogens (tertiary/aromatic N) is 1. The number of hydrogen-bond donors (Lipinski definition) is 2. The number of halogens is 1. The second kappa shape index (κ2) is 8.62. The molecule has 0 amide bonds. The summed E-state index contributed by atoms with van der Waals surface area (Å²) >= 11 is 3.50. The third-order valence-corrected chi connectivity index (χ3v) is 4.70. The number of β-amino-alcohol motifs (C(OH)–C–C–N with tert-alkyl or cyclic N) is 1. The van der Waals surface area contributed by atoms with E-state index >= 15 is 0 Å². The van der Waals surface area contributed by atoms with Crippen molar-refractivity contribution in [2.24, 2.45) is 0 Å². The fourth-order valence-electron chi connectivity index (χ4n) is 2.88. The molecule has 1 unspecified atom stereocenters. The van der Waals surface area contributed by atoms with Crippen LogP contribution in [0.1, 0.15) is 17.2 Å². The Balaban J connectivity index is 1.69. The van der Waals surface area contributed by atoms with Crippen molar-refractivity contribution < 1.29 is 9.84 Å². The fourth-order valence-corrected chi connectivity index (χ4v) is 3.26. The normalized spacial score (nSPS) is 16.8. The molecule has 1 heterocycles. The van der Waals surface area contributed by atoms with Crippen molar-refractivity contribution in [3.8, 4) is 5.75 Å². The van der Waals surface area contributed by atoms with Crippen LogP contribution in [0.15, 0.2) is 53.0 Å². The van der Waals surface area contributed by atoms with E-state index in [0.29, 0.717) is 13.2 Å². The summed E-state index contributed by atoms with van der Waals surface area (Å²) in [6.45, 7) is 5.00. The van der Waals surface area contributed by atoms with Crippen LogP contribution >= 0.6 is 15.9 Å². The molecule has 1 aliphatic rings. The average molecular weight is 391 g/mol. The van der Waals surface area contributed by atoms with Gasteiger partial charge in [-0.25, -0.2) is 0 Å². The highest BCUT2D eigenvalue weighted by atomic mass is 79.9. The molecule has 0 aliphatic carbocycles. The van der Waals surface area contributed by atoms with Crippen LogP contribution in [0.25, 0.3) is 0 Å². The third-order valence-electron chi connectivity index (χ3n) is 4.21. The minimum absolute atomic E-state index is 0.496. The lowest BCUT2D eigenvalue weighted by Crippen LogP contribution is -2.45. The van der Waals surface area contributed by atoms with Gasteiger partial charge in [0.15, 0.2) is 0 Å². The predicted octanol–water partition coefficient (Wildman–Crippen LogP) is 2.97. The van der Waals surface area contributed by atoms with Crippen molar-refractivity contribution in [1.29, 1.82) is 0 Å². The van der Waals surface area contributed by atoms with Crippen molar-refractivity contribution in [2.45, 2.75) is 12.7 Å². The molecular formula is C19H23BrN2O2. The van der Waals surface area contributed by atoms with Gasteiger partial charge in [0.25, 0.3) is 0 Å². The topological polar surface area (TPSA) is 44.7 Å². The molecular weight excluding hydrogens is 368 g/mol. The highest BCUT2D eigenvalue weighted by Crippen LogP contribution is 2.30. The van der Waals surface area contributed by atoms with Gasteiger partial charge in [-0.2, -0.15) is 0 Å². The van der Waals surface area contributed by atoms with Crippen molar-refractivity contribution in [3.05, 3.63) is 64.1 Å². The quantitative estimate of drug-likeness (QED) is 0.795. The maximum absolute atomic E-state index is 10.7. The van der Waals surface area contributed by atoms with Gasteiger partial charge >= 0.3 is 0 Å². The van der Waals surface area contributed by atoms with Crippen molar-refractivity contribution >= 4 is 15.9 Å². The van der Waals surface area contributed by atoms with E-state index in [9.17, 15) is 5.11 Å². The van der Waals surface area contributed by atoms with Gasteiger partial charge in [-0.15, -0.1) is 0 Å². The first-order valence-electron chi connectivity index (χ1n) is 8.29. The summed E-state index contributed by atoms with van der Waals surface area (Å²) in [6, 6.07) is 15.9. The highest BCUT2D eigenvalue weighted by Gasteiger charge is 2.19.